The predicted molar refractivity (Wildman–Crippen MR) is 51.4 cm³/mol. The normalized spacial score (nSPS) is 11.9. The molecular formula is C11H20. The zero-order valence-corrected chi connectivity index (χ0v) is 8.11. The molecule has 64 valence electrons. The van der Waals surface area contributed by atoms with Gasteiger partial charge in [-0.05, 0) is 19.3 Å². The van der Waals surface area contributed by atoms with Gasteiger partial charge < -0.3 is 0 Å². The molecule has 0 aromatic carbocycles. The largest absolute Gasteiger partial charge is 0.107 e. The number of hydrogen-bond acceptors (Lipinski definition) is 0. The van der Waals surface area contributed by atoms with Gasteiger partial charge in [-0.2, -0.15) is 0 Å². The van der Waals surface area contributed by atoms with Crippen LogP contribution in [0.1, 0.15) is 52.9 Å². The molecule has 0 aromatic heterocycles. The maximum Gasteiger partial charge on any atom is 0.0117 e. The minimum absolute atomic E-state index is 0.849. The van der Waals surface area contributed by atoms with Crippen LogP contribution in [0.3, 0.4) is 0 Å². The van der Waals surface area contributed by atoms with Gasteiger partial charge in [0.05, 0.1) is 0 Å². The van der Waals surface area contributed by atoms with Crippen molar-refractivity contribution in [3.8, 4) is 11.8 Å². The Morgan fingerprint density at radius 1 is 1.27 bits per heavy atom. The Hall–Kier alpha value is -0.440. The van der Waals surface area contributed by atoms with Crippen molar-refractivity contribution in [3.63, 3.8) is 0 Å². The smallest absolute Gasteiger partial charge is 0.0117 e. The number of hydrogen-bond donors (Lipinski definition) is 0. The summed E-state index contributed by atoms with van der Waals surface area (Å²) in [4.78, 5) is 0. The van der Waals surface area contributed by atoms with Crippen molar-refractivity contribution in [1.82, 2.24) is 0 Å². The van der Waals surface area contributed by atoms with E-state index in [4.69, 9.17) is 0 Å². The summed E-state index contributed by atoms with van der Waals surface area (Å²) < 4.78 is 0. The first-order chi connectivity index (χ1) is 5.35. The fourth-order valence-electron chi connectivity index (χ4n) is 1.19. The summed E-state index contributed by atoms with van der Waals surface area (Å²) >= 11 is 0. The first-order valence-electron chi connectivity index (χ1n) is 4.74. The molecule has 0 aliphatic carbocycles. The third-order valence-electron chi connectivity index (χ3n) is 2.11. The van der Waals surface area contributed by atoms with E-state index in [1.54, 1.807) is 0 Å². The van der Waals surface area contributed by atoms with Crippen LogP contribution in [0.15, 0.2) is 0 Å². The third-order valence-corrected chi connectivity index (χ3v) is 2.11. The van der Waals surface area contributed by atoms with E-state index in [1.165, 1.54) is 25.7 Å². The Bertz CT molecular complexity index is 125. The third kappa shape index (κ3) is 5.98. The Labute approximate surface area is 71.4 Å². The standard InChI is InChI=1S/C11H20/c1-4-7-9-11(6-3)10-8-5-2/h11H,4,6-7,9-10H2,1-3H3. The van der Waals surface area contributed by atoms with Crippen LogP contribution in [0.2, 0.25) is 0 Å². The first-order valence-corrected chi connectivity index (χ1v) is 4.74. The number of unbranched alkanes of at least 4 members (excludes halogenated alkanes) is 1. The van der Waals surface area contributed by atoms with Gasteiger partial charge in [0.2, 0.25) is 0 Å². The van der Waals surface area contributed by atoms with E-state index >= 15 is 0 Å². The lowest BCUT2D eigenvalue weighted by atomic mass is 9.96. The van der Waals surface area contributed by atoms with Crippen LogP contribution >= 0.6 is 0 Å². The van der Waals surface area contributed by atoms with Gasteiger partial charge in [0, 0.05) is 6.42 Å². The van der Waals surface area contributed by atoms with E-state index in [1.807, 2.05) is 6.92 Å². The van der Waals surface area contributed by atoms with E-state index in [9.17, 15) is 0 Å². The highest BCUT2D eigenvalue weighted by Gasteiger charge is 2.02. The van der Waals surface area contributed by atoms with E-state index in [0.717, 1.165) is 12.3 Å². The molecule has 0 heterocycles. The van der Waals surface area contributed by atoms with Crippen molar-refractivity contribution in [2.75, 3.05) is 0 Å². The molecule has 0 aliphatic rings. The Morgan fingerprint density at radius 2 is 2.00 bits per heavy atom. The van der Waals surface area contributed by atoms with Gasteiger partial charge in [0.1, 0.15) is 0 Å². The van der Waals surface area contributed by atoms with Crippen molar-refractivity contribution >= 4 is 0 Å². The van der Waals surface area contributed by atoms with Crippen LogP contribution in [0.5, 0.6) is 0 Å². The Kier molecular flexibility index (Phi) is 7.36. The molecule has 0 saturated carbocycles. The first kappa shape index (κ1) is 10.6. The van der Waals surface area contributed by atoms with Gasteiger partial charge in [-0.25, -0.2) is 0 Å². The molecule has 0 radical (unpaired) electrons. The Balaban J connectivity index is 3.46. The molecule has 0 rings (SSSR count). The molecule has 0 fully saturated rings. The summed E-state index contributed by atoms with van der Waals surface area (Å²) in [6.07, 6.45) is 6.43. The van der Waals surface area contributed by atoms with Crippen molar-refractivity contribution in [2.24, 2.45) is 5.92 Å². The second-order valence-corrected chi connectivity index (χ2v) is 3.05. The van der Waals surface area contributed by atoms with E-state index in [0.29, 0.717) is 0 Å². The summed E-state index contributed by atoms with van der Waals surface area (Å²) in [5, 5.41) is 0. The molecule has 0 spiro atoms. The molecule has 0 amide bonds. The minimum Gasteiger partial charge on any atom is -0.107 e. The zero-order chi connectivity index (χ0) is 8.53. The molecular weight excluding hydrogens is 132 g/mol. The molecule has 0 aliphatic heterocycles. The van der Waals surface area contributed by atoms with Crippen LogP contribution in [0, 0.1) is 17.8 Å². The predicted octanol–water partition coefficient (Wildman–Crippen LogP) is 3.62. The summed E-state index contributed by atoms with van der Waals surface area (Å²) in [6.45, 7) is 6.43. The lowest BCUT2D eigenvalue weighted by Crippen LogP contribution is -1.96. The van der Waals surface area contributed by atoms with Gasteiger partial charge in [-0.3, -0.25) is 0 Å². The molecule has 11 heavy (non-hydrogen) atoms. The highest BCUT2D eigenvalue weighted by Crippen LogP contribution is 2.15. The topological polar surface area (TPSA) is 0 Å². The molecule has 0 bridgehead atoms. The molecule has 1 atom stereocenters. The molecule has 0 heteroatoms. The molecule has 0 saturated heterocycles. The maximum absolute atomic E-state index is 3.16. The summed E-state index contributed by atoms with van der Waals surface area (Å²) in [7, 11) is 0. The van der Waals surface area contributed by atoms with Gasteiger partial charge in [-0.1, -0.05) is 33.1 Å². The quantitative estimate of drug-likeness (QED) is 0.528. The van der Waals surface area contributed by atoms with Gasteiger partial charge >= 0.3 is 0 Å². The molecule has 0 nitrogen and oxygen atoms in total. The molecule has 1 unspecified atom stereocenters. The summed E-state index contributed by atoms with van der Waals surface area (Å²) in [5.74, 6) is 6.97. The van der Waals surface area contributed by atoms with Crippen molar-refractivity contribution < 1.29 is 0 Å². The van der Waals surface area contributed by atoms with E-state index < -0.39 is 0 Å². The van der Waals surface area contributed by atoms with Crippen molar-refractivity contribution in [2.45, 2.75) is 52.9 Å². The average Bonchev–Trinajstić information content (AvgIpc) is 2.05. The van der Waals surface area contributed by atoms with Crippen LogP contribution in [-0.4, -0.2) is 0 Å². The second-order valence-electron chi connectivity index (χ2n) is 3.05. The lowest BCUT2D eigenvalue weighted by Gasteiger charge is -2.09. The van der Waals surface area contributed by atoms with Gasteiger partial charge in [0.25, 0.3) is 0 Å². The second kappa shape index (κ2) is 7.66. The monoisotopic (exact) mass is 152 g/mol. The van der Waals surface area contributed by atoms with E-state index in [2.05, 4.69) is 25.7 Å². The van der Waals surface area contributed by atoms with E-state index in [-0.39, 0.29) is 0 Å². The summed E-state index contributed by atoms with van der Waals surface area (Å²) in [5.41, 5.74) is 0. The van der Waals surface area contributed by atoms with Crippen molar-refractivity contribution in [3.05, 3.63) is 0 Å². The molecule has 0 N–H and O–H groups in total. The van der Waals surface area contributed by atoms with Gasteiger partial charge in [-0.15, -0.1) is 11.8 Å². The minimum atomic E-state index is 0.849. The SMILES string of the molecule is CC#CCC(CC)CCCC. The summed E-state index contributed by atoms with van der Waals surface area (Å²) in [6, 6.07) is 0. The number of rotatable bonds is 5. The maximum atomic E-state index is 3.16. The zero-order valence-electron chi connectivity index (χ0n) is 8.11. The van der Waals surface area contributed by atoms with Crippen LogP contribution in [0.25, 0.3) is 0 Å². The van der Waals surface area contributed by atoms with Crippen LogP contribution < -0.4 is 0 Å². The van der Waals surface area contributed by atoms with Crippen LogP contribution in [-0.2, 0) is 0 Å². The highest BCUT2D eigenvalue weighted by molar-refractivity contribution is 4.96. The lowest BCUT2D eigenvalue weighted by molar-refractivity contribution is 0.462. The molecule has 0 aromatic rings. The Morgan fingerprint density at radius 3 is 2.45 bits per heavy atom. The van der Waals surface area contributed by atoms with Gasteiger partial charge in [0.15, 0.2) is 0 Å². The highest BCUT2D eigenvalue weighted by atomic mass is 14.1. The van der Waals surface area contributed by atoms with Crippen LogP contribution in [0.4, 0.5) is 0 Å². The average molecular weight is 152 g/mol. The fraction of sp³-hybridized carbons (Fsp3) is 0.818. The fourth-order valence-corrected chi connectivity index (χ4v) is 1.19. The van der Waals surface area contributed by atoms with Crippen molar-refractivity contribution in [1.29, 1.82) is 0 Å².